The van der Waals surface area contributed by atoms with Gasteiger partial charge >= 0.3 is 12.1 Å². The Hall–Kier alpha value is -3.83. The highest BCUT2D eigenvalue weighted by molar-refractivity contribution is 7.99. The molecule has 3 aromatic carbocycles. The summed E-state index contributed by atoms with van der Waals surface area (Å²) in [5, 5.41) is 0. The number of hydrogen-bond acceptors (Lipinski definition) is 5. The Morgan fingerprint density at radius 3 is 2.34 bits per heavy atom. The van der Waals surface area contributed by atoms with Crippen molar-refractivity contribution in [3.05, 3.63) is 95.1 Å². The lowest BCUT2D eigenvalue weighted by atomic mass is 10.0. The van der Waals surface area contributed by atoms with Gasteiger partial charge in [0.15, 0.2) is 5.75 Å². The van der Waals surface area contributed by atoms with E-state index in [0.717, 1.165) is 28.2 Å². The van der Waals surface area contributed by atoms with Crippen molar-refractivity contribution in [1.82, 2.24) is 0 Å². The maximum absolute atomic E-state index is 13.0. The van der Waals surface area contributed by atoms with Crippen molar-refractivity contribution < 1.29 is 32.5 Å². The third-order valence-electron chi connectivity index (χ3n) is 5.32. The lowest BCUT2D eigenvalue weighted by Crippen LogP contribution is -2.07. The summed E-state index contributed by atoms with van der Waals surface area (Å²) in [6, 6.07) is 17.7. The molecule has 0 fully saturated rings. The van der Waals surface area contributed by atoms with Crippen molar-refractivity contribution in [3.8, 4) is 23.3 Å². The Labute approximate surface area is 224 Å². The van der Waals surface area contributed by atoms with Crippen LogP contribution in [0.4, 0.5) is 13.2 Å². The Balaban J connectivity index is 1.77. The summed E-state index contributed by atoms with van der Waals surface area (Å²) in [7, 11) is 1.58. The first-order valence-corrected chi connectivity index (χ1v) is 12.8. The zero-order valence-electron chi connectivity index (χ0n) is 21.2. The number of ether oxygens (including phenoxy) is 1. The number of thioether (sulfide) groups is 1. The van der Waals surface area contributed by atoms with Gasteiger partial charge in [-0.2, -0.15) is 13.2 Å². The molecule has 0 heterocycles. The molecule has 0 radical (unpaired) electrons. The Bertz CT molecular complexity index is 1320. The number of benzene rings is 3. The van der Waals surface area contributed by atoms with Crippen LogP contribution >= 0.6 is 11.8 Å². The van der Waals surface area contributed by atoms with Crippen LogP contribution in [0.5, 0.6) is 11.5 Å². The maximum Gasteiger partial charge on any atom is 0.416 e. The van der Waals surface area contributed by atoms with Gasteiger partial charge < -0.3 is 4.74 Å². The van der Waals surface area contributed by atoms with Gasteiger partial charge in [-0.15, -0.1) is 11.8 Å². The van der Waals surface area contributed by atoms with Gasteiger partial charge in [0, 0.05) is 28.2 Å². The van der Waals surface area contributed by atoms with Crippen LogP contribution in [0.25, 0.3) is 5.57 Å². The number of carbonyl (C=O) groups excluding carboxylic acids is 1. The quantitative estimate of drug-likeness (QED) is 0.120. The number of hydrogen-bond donors (Lipinski definition) is 0. The highest BCUT2D eigenvalue weighted by Gasteiger charge is 2.30. The van der Waals surface area contributed by atoms with Gasteiger partial charge in [-0.25, -0.2) is 4.79 Å². The number of carbonyl (C=O) groups is 1. The predicted molar refractivity (Wildman–Crippen MR) is 143 cm³/mol. The van der Waals surface area contributed by atoms with Crippen LogP contribution in [0, 0.1) is 18.8 Å². The fourth-order valence-corrected chi connectivity index (χ4v) is 4.12. The van der Waals surface area contributed by atoms with E-state index < -0.39 is 17.7 Å². The summed E-state index contributed by atoms with van der Waals surface area (Å²) in [6.45, 7) is 3.72. The van der Waals surface area contributed by atoms with Gasteiger partial charge in [-0.1, -0.05) is 37.0 Å². The minimum Gasteiger partial charge on any atom is -0.497 e. The number of aryl methyl sites for hydroxylation is 1. The summed E-state index contributed by atoms with van der Waals surface area (Å²) in [5.41, 5.74) is 2.04. The molecule has 8 heteroatoms. The lowest BCUT2D eigenvalue weighted by molar-refractivity contribution is -0.214. The van der Waals surface area contributed by atoms with Gasteiger partial charge in [-0.3, -0.25) is 9.78 Å². The number of allylic oxidation sites excluding steroid dienone is 1. The number of rotatable bonds is 9. The van der Waals surface area contributed by atoms with E-state index in [1.165, 1.54) is 23.9 Å². The number of methoxy groups -OCH3 is 1. The molecule has 0 unspecified atom stereocenters. The molecule has 0 saturated heterocycles. The van der Waals surface area contributed by atoms with Crippen LogP contribution in [0.1, 0.15) is 42.0 Å². The highest BCUT2D eigenvalue weighted by atomic mass is 32.2. The summed E-state index contributed by atoms with van der Waals surface area (Å²) in [5.74, 6) is 7.43. The lowest BCUT2D eigenvalue weighted by Gasteiger charge is -2.09. The molecule has 3 rings (SSSR count). The van der Waals surface area contributed by atoms with E-state index in [9.17, 15) is 18.0 Å². The van der Waals surface area contributed by atoms with Gasteiger partial charge in [0.25, 0.3) is 0 Å². The third-order valence-corrected chi connectivity index (χ3v) is 6.24. The van der Waals surface area contributed by atoms with Gasteiger partial charge in [0.2, 0.25) is 0 Å². The SMILES string of the molecule is CCCC(=O)OOc1ccc(SCC=C(C#Cc2ccc(OC)cc2)c2ccc(C(F)(F)F)cc2)cc1C. The van der Waals surface area contributed by atoms with Crippen molar-refractivity contribution in [2.75, 3.05) is 12.9 Å². The van der Waals surface area contributed by atoms with E-state index in [2.05, 4.69) is 11.8 Å². The summed E-state index contributed by atoms with van der Waals surface area (Å²) < 4.78 is 44.3. The molecule has 198 valence electrons. The molecule has 3 aromatic rings. The third kappa shape index (κ3) is 8.63. The smallest absolute Gasteiger partial charge is 0.416 e. The fraction of sp³-hybridized carbons (Fsp3) is 0.233. The van der Waals surface area contributed by atoms with E-state index in [1.54, 1.807) is 25.3 Å². The molecule has 38 heavy (non-hydrogen) atoms. The monoisotopic (exact) mass is 540 g/mol. The van der Waals surface area contributed by atoms with Crippen molar-refractivity contribution in [2.24, 2.45) is 0 Å². The van der Waals surface area contributed by atoms with E-state index in [0.29, 0.717) is 34.8 Å². The maximum atomic E-state index is 13.0. The molecule has 4 nitrogen and oxygen atoms in total. The first-order valence-electron chi connectivity index (χ1n) is 11.8. The summed E-state index contributed by atoms with van der Waals surface area (Å²) in [4.78, 5) is 22.4. The standard InChI is InChI=1S/C30H27F3O4S/c1-4-5-29(34)37-36-28-17-16-27(20-21(28)2)38-19-18-24(9-6-22-7-14-26(35-3)15-8-22)23-10-12-25(13-11-23)30(31,32)33/h7-8,10-18,20H,4-5,19H2,1-3H3. The molecular weight excluding hydrogens is 513 g/mol. The Morgan fingerprint density at radius 2 is 1.74 bits per heavy atom. The van der Waals surface area contributed by atoms with Crippen molar-refractivity contribution >= 4 is 23.3 Å². The van der Waals surface area contributed by atoms with Crippen molar-refractivity contribution in [1.29, 1.82) is 0 Å². The molecule has 0 saturated carbocycles. The van der Waals surface area contributed by atoms with E-state index in [-0.39, 0.29) is 6.42 Å². The molecule has 0 amide bonds. The van der Waals surface area contributed by atoms with Crippen LogP contribution in [0.2, 0.25) is 0 Å². The zero-order valence-corrected chi connectivity index (χ0v) is 22.0. The van der Waals surface area contributed by atoms with Gasteiger partial charge in [0.1, 0.15) is 5.75 Å². The van der Waals surface area contributed by atoms with Gasteiger partial charge in [0.05, 0.1) is 12.7 Å². The predicted octanol–water partition coefficient (Wildman–Crippen LogP) is 7.89. The van der Waals surface area contributed by atoms with Crippen LogP contribution < -0.4 is 9.62 Å². The molecule has 0 aromatic heterocycles. The topological polar surface area (TPSA) is 44.8 Å². The first-order chi connectivity index (χ1) is 18.2. The summed E-state index contributed by atoms with van der Waals surface area (Å²) in [6.07, 6.45) is -1.57. The Morgan fingerprint density at radius 1 is 1.03 bits per heavy atom. The second-order valence-electron chi connectivity index (χ2n) is 8.20. The molecule has 0 bridgehead atoms. The van der Waals surface area contributed by atoms with E-state index >= 15 is 0 Å². The minimum absolute atomic E-state index is 0.280. The van der Waals surface area contributed by atoms with Crippen molar-refractivity contribution in [2.45, 2.75) is 37.8 Å². The van der Waals surface area contributed by atoms with Gasteiger partial charge in [-0.05, 0) is 79.1 Å². The number of halogens is 3. The van der Waals surface area contributed by atoms with E-state index in [1.807, 2.05) is 44.2 Å². The zero-order chi connectivity index (χ0) is 27.5. The second-order valence-corrected chi connectivity index (χ2v) is 9.29. The fourth-order valence-electron chi connectivity index (χ4n) is 3.26. The molecular formula is C30H27F3O4S. The van der Waals surface area contributed by atoms with E-state index in [4.69, 9.17) is 14.5 Å². The van der Waals surface area contributed by atoms with Crippen LogP contribution in [-0.4, -0.2) is 18.8 Å². The minimum atomic E-state index is -4.41. The molecule has 0 aliphatic rings. The molecule has 0 atom stereocenters. The summed E-state index contributed by atoms with van der Waals surface area (Å²) >= 11 is 1.53. The average Bonchev–Trinajstić information content (AvgIpc) is 2.90. The molecule has 0 aliphatic carbocycles. The first kappa shape index (κ1) is 28.7. The van der Waals surface area contributed by atoms with Crippen LogP contribution in [0.3, 0.4) is 0 Å². The molecule has 0 aliphatic heterocycles. The van der Waals surface area contributed by atoms with Crippen molar-refractivity contribution in [3.63, 3.8) is 0 Å². The second kappa shape index (κ2) is 13.6. The Kier molecular flexibility index (Phi) is 10.3. The largest absolute Gasteiger partial charge is 0.497 e. The molecule has 0 spiro atoms. The highest BCUT2D eigenvalue weighted by Crippen LogP contribution is 2.31. The molecule has 0 N–H and O–H groups in total. The van der Waals surface area contributed by atoms with Crippen LogP contribution in [0.15, 0.2) is 77.7 Å². The van der Waals surface area contributed by atoms with Crippen LogP contribution in [-0.2, 0) is 15.9 Å². The normalized spacial score (nSPS) is 11.4. The average molecular weight is 541 g/mol. The number of alkyl halides is 3.